The van der Waals surface area contributed by atoms with Crippen LogP contribution in [0.3, 0.4) is 0 Å². The van der Waals surface area contributed by atoms with Gasteiger partial charge >= 0.3 is 0 Å². The first-order chi connectivity index (χ1) is 11.8. The van der Waals surface area contributed by atoms with Crippen molar-refractivity contribution in [2.75, 3.05) is 12.4 Å². The fourth-order valence-corrected chi connectivity index (χ4v) is 2.20. The lowest BCUT2D eigenvalue weighted by Crippen LogP contribution is -2.30. The molecule has 8 heteroatoms. The number of non-ortho nitro benzene ring substituents is 1. The van der Waals surface area contributed by atoms with Crippen LogP contribution in [0.2, 0.25) is 5.02 Å². The molecule has 1 amide bonds. The fourth-order valence-electron chi connectivity index (χ4n) is 2.08. The molecule has 0 aliphatic carbocycles. The number of amides is 1. The van der Waals surface area contributed by atoms with Gasteiger partial charge in [-0.1, -0.05) is 11.6 Å². The number of ether oxygens (including phenoxy) is 2. The summed E-state index contributed by atoms with van der Waals surface area (Å²) in [5.74, 6) is 0.289. The van der Waals surface area contributed by atoms with Crippen molar-refractivity contribution < 1.29 is 19.2 Å². The highest BCUT2D eigenvalue weighted by Crippen LogP contribution is 2.29. The van der Waals surface area contributed by atoms with E-state index in [0.717, 1.165) is 5.56 Å². The van der Waals surface area contributed by atoms with Crippen LogP contribution in [0.25, 0.3) is 0 Å². The third kappa shape index (κ3) is 4.60. The second-order valence-corrected chi connectivity index (χ2v) is 5.71. The Morgan fingerprint density at radius 3 is 2.60 bits per heavy atom. The molecule has 0 spiro atoms. The zero-order valence-corrected chi connectivity index (χ0v) is 14.7. The molecule has 0 fully saturated rings. The van der Waals surface area contributed by atoms with Crippen LogP contribution >= 0.6 is 11.6 Å². The van der Waals surface area contributed by atoms with Crippen molar-refractivity contribution >= 4 is 28.9 Å². The van der Waals surface area contributed by atoms with Gasteiger partial charge in [0.2, 0.25) is 0 Å². The number of benzene rings is 2. The van der Waals surface area contributed by atoms with Crippen molar-refractivity contribution in [2.24, 2.45) is 0 Å². The summed E-state index contributed by atoms with van der Waals surface area (Å²) in [6.45, 7) is 3.43. The first-order valence-electron chi connectivity index (χ1n) is 7.38. The van der Waals surface area contributed by atoms with Gasteiger partial charge in [-0.2, -0.15) is 0 Å². The van der Waals surface area contributed by atoms with Crippen LogP contribution < -0.4 is 14.8 Å². The van der Waals surface area contributed by atoms with Gasteiger partial charge in [0.15, 0.2) is 6.10 Å². The Bertz CT molecular complexity index is 810. The van der Waals surface area contributed by atoms with Gasteiger partial charge in [0.1, 0.15) is 11.5 Å². The van der Waals surface area contributed by atoms with Gasteiger partial charge in [-0.25, -0.2) is 0 Å². The normalized spacial score (nSPS) is 11.5. The number of nitrogens with one attached hydrogen (secondary N) is 1. The third-order valence-corrected chi connectivity index (χ3v) is 3.89. The second kappa shape index (κ2) is 7.85. The Hall–Kier alpha value is -2.80. The first-order valence-corrected chi connectivity index (χ1v) is 7.75. The maximum Gasteiger partial charge on any atom is 0.273 e. The molecule has 0 aliphatic heterocycles. The van der Waals surface area contributed by atoms with Crippen LogP contribution in [0, 0.1) is 17.0 Å². The highest BCUT2D eigenvalue weighted by atomic mass is 35.5. The summed E-state index contributed by atoms with van der Waals surface area (Å²) in [4.78, 5) is 22.6. The molecular formula is C17H17ClN2O5. The Kier molecular flexibility index (Phi) is 5.82. The van der Waals surface area contributed by atoms with E-state index in [0.29, 0.717) is 16.5 Å². The minimum Gasteiger partial charge on any atom is -0.494 e. The Morgan fingerprint density at radius 1 is 1.28 bits per heavy atom. The van der Waals surface area contributed by atoms with E-state index in [1.807, 2.05) is 6.92 Å². The van der Waals surface area contributed by atoms with Crippen LogP contribution in [0.5, 0.6) is 11.5 Å². The second-order valence-electron chi connectivity index (χ2n) is 5.30. The molecule has 1 atom stereocenters. The quantitative estimate of drug-likeness (QED) is 0.618. The third-order valence-electron chi connectivity index (χ3n) is 3.47. The number of methoxy groups -OCH3 is 1. The molecule has 0 saturated carbocycles. The fraction of sp³-hybridized carbons (Fsp3) is 0.235. The van der Waals surface area contributed by atoms with Crippen molar-refractivity contribution in [1.29, 1.82) is 0 Å². The lowest BCUT2D eigenvalue weighted by atomic mass is 10.2. The van der Waals surface area contributed by atoms with Crippen LogP contribution in [0.4, 0.5) is 11.4 Å². The number of rotatable bonds is 6. The number of nitro groups is 1. The summed E-state index contributed by atoms with van der Waals surface area (Å²) in [5.41, 5.74) is 1.03. The number of nitro benzene ring substituents is 1. The average molecular weight is 365 g/mol. The Morgan fingerprint density at radius 2 is 2.00 bits per heavy atom. The van der Waals surface area contributed by atoms with Gasteiger partial charge in [-0.3, -0.25) is 14.9 Å². The van der Waals surface area contributed by atoms with E-state index in [1.54, 1.807) is 25.1 Å². The minimum atomic E-state index is -0.791. The van der Waals surface area contributed by atoms with Crippen molar-refractivity contribution in [1.82, 2.24) is 0 Å². The molecule has 25 heavy (non-hydrogen) atoms. The molecule has 0 aromatic heterocycles. The summed E-state index contributed by atoms with van der Waals surface area (Å²) in [7, 11) is 1.37. The molecule has 2 aromatic carbocycles. The number of hydrogen-bond donors (Lipinski definition) is 1. The van der Waals surface area contributed by atoms with Gasteiger partial charge in [-0.15, -0.1) is 0 Å². The van der Waals surface area contributed by atoms with Gasteiger partial charge in [0.25, 0.3) is 11.6 Å². The minimum absolute atomic E-state index is 0.129. The molecule has 132 valence electrons. The number of carbonyl (C=O) groups is 1. The van der Waals surface area contributed by atoms with Gasteiger partial charge < -0.3 is 14.8 Å². The number of anilines is 1. The molecule has 0 radical (unpaired) electrons. The molecule has 0 aliphatic rings. The summed E-state index contributed by atoms with van der Waals surface area (Å²) < 4.78 is 10.7. The van der Waals surface area contributed by atoms with Crippen LogP contribution in [0.15, 0.2) is 36.4 Å². The van der Waals surface area contributed by atoms with E-state index in [4.69, 9.17) is 21.1 Å². The molecule has 0 heterocycles. The van der Waals surface area contributed by atoms with Gasteiger partial charge in [0, 0.05) is 11.1 Å². The van der Waals surface area contributed by atoms with Crippen molar-refractivity contribution in [2.45, 2.75) is 20.0 Å². The lowest BCUT2D eigenvalue weighted by molar-refractivity contribution is -0.384. The monoisotopic (exact) mass is 364 g/mol. The average Bonchev–Trinajstić information content (AvgIpc) is 2.58. The largest absolute Gasteiger partial charge is 0.494 e. The zero-order valence-electron chi connectivity index (χ0n) is 13.9. The Labute approximate surface area is 149 Å². The topological polar surface area (TPSA) is 90.7 Å². The number of hydrogen-bond acceptors (Lipinski definition) is 5. The Balaban J connectivity index is 2.10. The van der Waals surface area contributed by atoms with Crippen LogP contribution in [-0.4, -0.2) is 24.0 Å². The molecule has 0 saturated heterocycles. The highest BCUT2D eigenvalue weighted by Gasteiger charge is 2.18. The molecular weight excluding hydrogens is 348 g/mol. The number of halogens is 1. The van der Waals surface area contributed by atoms with Gasteiger partial charge in [-0.05, 0) is 43.7 Å². The predicted molar refractivity (Wildman–Crippen MR) is 94.6 cm³/mol. The van der Waals surface area contributed by atoms with Crippen LogP contribution in [-0.2, 0) is 4.79 Å². The van der Waals surface area contributed by atoms with Crippen LogP contribution in [0.1, 0.15) is 12.5 Å². The summed E-state index contributed by atoms with van der Waals surface area (Å²) in [6.07, 6.45) is -0.791. The molecule has 0 unspecified atom stereocenters. The number of carbonyl (C=O) groups excluding carboxylic acids is 1. The van der Waals surface area contributed by atoms with Gasteiger partial charge in [0.05, 0.1) is 23.8 Å². The van der Waals surface area contributed by atoms with E-state index in [-0.39, 0.29) is 11.4 Å². The molecule has 2 aromatic rings. The van der Waals surface area contributed by atoms with E-state index in [2.05, 4.69) is 5.32 Å². The van der Waals surface area contributed by atoms with Crippen molar-refractivity contribution in [3.8, 4) is 11.5 Å². The maximum atomic E-state index is 12.3. The number of aryl methyl sites for hydroxylation is 1. The summed E-state index contributed by atoms with van der Waals surface area (Å²) in [5, 5.41) is 14.0. The van der Waals surface area contributed by atoms with Crippen molar-refractivity contribution in [3.63, 3.8) is 0 Å². The SMILES string of the molecule is COc1cc([N+](=O)[O-])ccc1NC(=O)[C@@H](C)Oc1ccc(Cl)c(C)c1. The molecule has 1 N–H and O–H groups in total. The summed E-state index contributed by atoms with van der Waals surface area (Å²) >= 11 is 5.96. The molecule has 7 nitrogen and oxygen atoms in total. The van der Waals surface area contributed by atoms with E-state index in [1.165, 1.54) is 25.3 Å². The van der Waals surface area contributed by atoms with E-state index < -0.39 is 16.9 Å². The van der Waals surface area contributed by atoms with E-state index >= 15 is 0 Å². The summed E-state index contributed by atoms with van der Waals surface area (Å²) in [6, 6.07) is 9.03. The highest BCUT2D eigenvalue weighted by molar-refractivity contribution is 6.31. The van der Waals surface area contributed by atoms with E-state index in [9.17, 15) is 14.9 Å². The maximum absolute atomic E-state index is 12.3. The molecule has 2 rings (SSSR count). The van der Waals surface area contributed by atoms with Crippen molar-refractivity contribution in [3.05, 3.63) is 57.1 Å². The predicted octanol–water partition coefficient (Wildman–Crippen LogP) is 3.97. The standard InChI is InChI=1S/C17H17ClN2O5/c1-10-8-13(5-6-14(10)18)25-11(2)17(21)19-15-7-4-12(20(22)23)9-16(15)24-3/h4-9,11H,1-3H3,(H,19,21)/t11-/m1/s1. The first kappa shape index (κ1) is 18.5. The zero-order chi connectivity index (χ0) is 18.6. The molecule has 0 bridgehead atoms. The number of nitrogens with zero attached hydrogens (tertiary/aromatic N) is 1. The lowest BCUT2D eigenvalue weighted by Gasteiger charge is -2.16. The smallest absolute Gasteiger partial charge is 0.273 e.